The zero-order valence-electron chi connectivity index (χ0n) is 18.9. The molecule has 2 amide bonds. The molecule has 0 spiro atoms. The largest absolute Gasteiger partial charge is 0.361 e. The molecule has 0 aliphatic carbocycles. The Morgan fingerprint density at radius 2 is 1.82 bits per heavy atom. The lowest BCUT2D eigenvalue weighted by Gasteiger charge is -2.41. The molecular formula is C27H29N3O3. The fourth-order valence-electron chi connectivity index (χ4n) is 4.33. The van der Waals surface area contributed by atoms with Crippen LogP contribution in [-0.4, -0.2) is 54.0 Å². The molecule has 1 atom stereocenters. The summed E-state index contributed by atoms with van der Waals surface area (Å²) in [7, 11) is 1.61. The molecule has 1 unspecified atom stereocenters. The van der Waals surface area contributed by atoms with E-state index in [1.165, 1.54) is 0 Å². The minimum Gasteiger partial charge on any atom is -0.361 e. The number of pyridine rings is 1. The van der Waals surface area contributed by atoms with E-state index >= 15 is 0 Å². The van der Waals surface area contributed by atoms with Gasteiger partial charge in [0.25, 0.3) is 5.91 Å². The zero-order valence-corrected chi connectivity index (χ0v) is 18.9. The van der Waals surface area contributed by atoms with Crippen LogP contribution in [0.5, 0.6) is 0 Å². The molecule has 0 saturated carbocycles. The third-order valence-corrected chi connectivity index (χ3v) is 6.06. The number of carbonyl (C=O) groups is 2. The van der Waals surface area contributed by atoms with Crippen molar-refractivity contribution < 1.29 is 14.3 Å². The first-order chi connectivity index (χ1) is 16.1. The first-order valence-corrected chi connectivity index (χ1v) is 11.3. The second-order valence-corrected chi connectivity index (χ2v) is 8.34. The van der Waals surface area contributed by atoms with E-state index in [1.807, 2.05) is 66.9 Å². The van der Waals surface area contributed by atoms with E-state index in [0.29, 0.717) is 32.4 Å². The van der Waals surface area contributed by atoms with Crippen molar-refractivity contribution >= 4 is 11.8 Å². The van der Waals surface area contributed by atoms with Gasteiger partial charge in [0.1, 0.15) is 0 Å². The third-order valence-electron chi connectivity index (χ3n) is 6.06. The molecule has 1 N–H and O–H groups in total. The Morgan fingerprint density at radius 3 is 2.58 bits per heavy atom. The van der Waals surface area contributed by atoms with Crippen molar-refractivity contribution in [2.45, 2.75) is 24.9 Å². The second-order valence-electron chi connectivity index (χ2n) is 8.34. The van der Waals surface area contributed by atoms with E-state index in [2.05, 4.69) is 16.4 Å². The molecule has 33 heavy (non-hydrogen) atoms. The molecule has 1 aliphatic heterocycles. The van der Waals surface area contributed by atoms with Gasteiger partial charge in [0.05, 0.1) is 13.2 Å². The number of likely N-dealkylation sites (N-methyl/N-ethyl adjacent to an activating group) is 1. The number of rotatable bonds is 7. The van der Waals surface area contributed by atoms with Gasteiger partial charge >= 0.3 is 0 Å². The molecule has 6 heteroatoms. The molecule has 1 fully saturated rings. The summed E-state index contributed by atoms with van der Waals surface area (Å²) in [6.07, 6.45) is 5.02. The molecule has 2 heterocycles. The van der Waals surface area contributed by atoms with E-state index in [1.54, 1.807) is 18.1 Å². The van der Waals surface area contributed by atoms with Crippen molar-refractivity contribution in [2.75, 3.05) is 26.7 Å². The van der Waals surface area contributed by atoms with Crippen LogP contribution in [-0.2, 0) is 27.2 Å². The fraction of sp³-hybridized carbons (Fsp3) is 0.296. The van der Waals surface area contributed by atoms with Crippen molar-refractivity contribution in [3.8, 4) is 11.1 Å². The molecule has 6 nitrogen and oxygen atoms in total. The summed E-state index contributed by atoms with van der Waals surface area (Å²) >= 11 is 0. The van der Waals surface area contributed by atoms with Crippen LogP contribution in [0, 0.1) is 0 Å². The number of amides is 2. The third kappa shape index (κ3) is 5.46. The van der Waals surface area contributed by atoms with E-state index in [9.17, 15) is 9.59 Å². The SMILES string of the molecule is CNC(=O)C1(Cc2cccc(-c3cccnc3)c2)CN(C(=O)CCc2ccccc2)CCO1. The van der Waals surface area contributed by atoms with Crippen LogP contribution in [0.4, 0.5) is 0 Å². The van der Waals surface area contributed by atoms with Crippen LogP contribution in [0.15, 0.2) is 79.1 Å². The van der Waals surface area contributed by atoms with Crippen LogP contribution in [0.25, 0.3) is 11.1 Å². The van der Waals surface area contributed by atoms with E-state index < -0.39 is 5.60 Å². The minimum atomic E-state index is -1.12. The van der Waals surface area contributed by atoms with Crippen LogP contribution in [0.2, 0.25) is 0 Å². The number of morpholine rings is 1. The van der Waals surface area contributed by atoms with Crippen molar-refractivity contribution in [3.05, 3.63) is 90.3 Å². The van der Waals surface area contributed by atoms with Gasteiger partial charge < -0.3 is 15.0 Å². The normalized spacial score (nSPS) is 18.0. The summed E-state index contributed by atoms with van der Waals surface area (Å²) in [6, 6.07) is 21.9. The summed E-state index contributed by atoms with van der Waals surface area (Å²) in [6.45, 7) is 1.05. The molecule has 1 aliphatic rings. The lowest BCUT2D eigenvalue weighted by atomic mass is 9.89. The van der Waals surface area contributed by atoms with Gasteiger partial charge in [-0.15, -0.1) is 0 Å². The highest BCUT2D eigenvalue weighted by Gasteiger charge is 2.44. The Hall–Kier alpha value is -3.51. The smallest absolute Gasteiger partial charge is 0.254 e. The Balaban J connectivity index is 1.51. The van der Waals surface area contributed by atoms with Gasteiger partial charge in [-0.05, 0) is 34.7 Å². The maximum atomic E-state index is 13.0. The molecule has 0 radical (unpaired) electrons. The number of aromatic nitrogens is 1. The van der Waals surface area contributed by atoms with E-state index in [0.717, 1.165) is 22.3 Å². The Labute approximate surface area is 194 Å². The minimum absolute atomic E-state index is 0.0412. The number of benzene rings is 2. The maximum absolute atomic E-state index is 13.0. The van der Waals surface area contributed by atoms with Gasteiger partial charge in [-0.2, -0.15) is 0 Å². The molecule has 170 valence electrons. The monoisotopic (exact) mass is 443 g/mol. The lowest BCUT2D eigenvalue weighted by molar-refractivity contribution is -0.165. The predicted molar refractivity (Wildman–Crippen MR) is 127 cm³/mol. The van der Waals surface area contributed by atoms with E-state index in [4.69, 9.17) is 4.74 Å². The molecule has 2 aromatic carbocycles. The quantitative estimate of drug-likeness (QED) is 0.608. The second kappa shape index (κ2) is 10.4. The Morgan fingerprint density at radius 1 is 1.03 bits per heavy atom. The van der Waals surface area contributed by atoms with Gasteiger partial charge in [0, 0.05) is 38.8 Å². The summed E-state index contributed by atoms with van der Waals surface area (Å²) in [5.74, 6) is -0.172. The number of carbonyl (C=O) groups excluding carboxylic acids is 2. The number of aryl methyl sites for hydroxylation is 1. The standard InChI is InChI=1S/C27H29N3O3/c1-28-26(32)27(18-22-9-5-10-23(17-22)24-11-6-14-29-19-24)20-30(15-16-33-27)25(31)13-12-21-7-3-2-4-8-21/h2-11,14,17,19H,12-13,15-16,18,20H2,1H3,(H,28,32). The van der Waals surface area contributed by atoms with Crippen molar-refractivity contribution in [2.24, 2.45) is 0 Å². The number of hydrogen-bond acceptors (Lipinski definition) is 4. The number of ether oxygens (including phenoxy) is 1. The predicted octanol–water partition coefficient (Wildman–Crippen LogP) is 3.27. The first-order valence-electron chi connectivity index (χ1n) is 11.3. The molecule has 1 aromatic heterocycles. The van der Waals surface area contributed by atoms with Crippen LogP contribution in [0.1, 0.15) is 17.5 Å². The van der Waals surface area contributed by atoms with Crippen LogP contribution in [0.3, 0.4) is 0 Å². The summed E-state index contributed by atoms with van der Waals surface area (Å²) in [5.41, 5.74) is 3.01. The summed E-state index contributed by atoms with van der Waals surface area (Å²) in [5, 5.41) is 2.75. The summed E-state index contributed by atoms with van der Waals surface area (Å²) < 4.78 is 6.09. The Kier molecular flexibility index (Phi) is 7.15. The fourth-order valence-corrected chi connectivity index (χ4v) is 4.33. The van der Waals surface area contributed by atoms with Crippen LogP contribution >= 0.6 is 0 Å². The van der Waals surface area contributed by atoms with E-state index in [-0.39, 0.29) is 18.4 Å². The maximum Gasteiger partial charge on any atom is 0.254 e. The number of nitrogens with zero attached hydrogens (tertiary/aromatic N) is 2. The van der Waals surface area contributed by atoms with Gasteiger partial charge in [-0.3, -0.25) is 14.6 Å². The van der Waals surface area contributed by atoms with Crippen molar-refractivity contribution in [3.63, 3.8) is 0 Å². The summed E-state index contributed by atoms with van der Waals surface area (Å²) in [4.78, 5) is 32.0. The topological polar surface area (TPSA) is 71.5 Å². The first kappa shape index (κ1) is 22.7. The molecular weight excluding hydrogens is 414 g/mol. The highest BCUT2D eigenvalue weighted by molar-refractivity contribution is 5.87. The van der Waals surface area contributed by atoms with Gasteiger partial charge in [0.15, 0.2) is 5.60 Å². The average Bonchev–Trinajstić information content (AvgIpc) is 2.88. The van der Waals surface area contributed by atoms with Gasteiger partial charge in [0.2, 0.25) is 5.91 Å². The Bertz CT molecular complexity index is 1090. The van der Waals surface area contributed by atoms with Crippen LogP contribution < -0.4 is 5.32 Å². The van der Waals surface area contributed by atoms with Gasteiger partial charge in [-0.1, -0.05) is 60.7 Å². The molecule has 1 saturated heterocycles. The average molecular weight is 444 g/mol. The molecule has 4 rings (SSSR count). The zero-order chi connectivity index (χ0) is 23.1. The highest BCUT2D eigenvalue weighted by atomic mass is 16.5. The van der Waals surface area contributed by atoms with Crippen molar-refractivity contribution in [1.82, 2.24) is 15.2 Å². The number of nitrogens with one attached hydrogen (secondary N) is 1. The van der Waals surface area contributed by atoms with Crippen molar-refractivity contribution in [1.29, 1.82) is 0 Å². The molecule has 0 bridgehead atoms. The van der Waals surface area contributed by atoms with Gasteiger partial charge in [-0.25, -0.2) is 0 Å². The molecule has 3 aromatic rings. The lowest BCUT2D eigenvalue weighted by Crippen LogP contribution is -2.61. The highest BCUT2D eigenvalue weighted by Crippen LogP contribution is 2.27. The number of hydrogen-bond donors (Lipinski definition) is 1.